The van der Waals surface area contributed by atoms with Gasteiger partial charge in [0.15, 0.2) is 5.78 Å². The number of halogens is 1. The largest absolute Gasteiger partial charge is 0.366 e. The van der Waals surface area contributed by atoms with E-state index in [1.807, 2.05) is 27.7 Å². The Balaban J connectivity index is 2.43. The van der Waals surface area contributed by atoms with Crippen molar-refractivity contribution in [3.05, 3.63) is 29.6 Å². The zero-order valence-corrected chi connectivity index (χ0v) is 12.8. The van der Waals surface area contributed by atoms with Crippen molar-refractivity contribution in [3.8, 4) is 0 Å². The number of nitrogens with zero attached hydrogens (tertiary/aromatic N) is 1. The third-order valence-electron chi connectivity index (χ3n) is 3.37. The molecule has 0 aromatic heterocycles. The summed E-state index contributed by atoms with van der Waals surface area (Å²) >= 11 is 0. The summed E-state index contributed by atoms with van der Waals surface area (Å²) in [7, 11) is 0. The molecular weight excluding hydrogens is 257 g/mol. The molecule has 0 unspecified atom stereocenters. The molecule has 0 radical (unpaired) electrons. The number of anilines is 1. The second-order valence-corrected chi connectivity index (χ2v) is 6.70. The molecule has 1 aliphatic heterocycles. The Kier molecular flexibility index (Phi) is 3.63. The molecule has 1 heterocycles. The number of ether oxygens (including phenoxy) is 1. The minimum Gasteiger partial charge on any atom is -0.366 e. The molecule has 1 aromatic carbocycles. The summed E-state index contributed by atoms with van der Waals surface area (Å²) in [4.78, 5) is 13.9. The van der Waals surface area contributed by atoms with Gasteiger partial charge in [-0.3, -0.25) is 4.79 Å². The van der Waals surface area contributed by atoms with Gasteiger partial charge in [0.2, 0.25) is 0 Å². The van der Waals surface area contributed by atoms with Gasteiger partial charge in [0.25, 0.3) is 0 Å². The number of morpholine rings is 1. The lowest BCUT2D eigenvalue weighted by atomic mass is 9.97. The van der Waals surface area contributed by atoms with Crippen molar-refractivity contribution in [2.75, 3.05) is 18.0 Å². The highest BCUT2D eigenvalue weighted by Crippen LogP contribution is 2.33. The second kappa shape index (κ2) is 4.85. The topological polar surface area (TPSA) is 29.5 Å². The van der Waals surface area contributed by atoms with Gasteiger partial charge in [-0.05, 0) is 52.8 Å². The lowest BCUT2D eigenvalue weighted by molar-refractivity contribution is -0.133. The average molecular weight is 279 g/mol. The first kappa shape index (κ1) is 15.0. The normalized spacial score (nSPS) is 20.8. The van der Waals surface area contributed by atoms with Crippen LogP contribution in [-0.4, -0.2) is 30.1 Å². The third-order valence-corrected chi connectivity index (χ3v) is 3.37. The Bertz CT molecular complexity index is 521. The summed E-state index contributed by atoms with van der Waals surface area (Å²) in [6.45, 7) is 10.9. The lowest BCUT2D eigenvalue weighted by Gasteiger charge is -2.48. The van der Waals surface area contributed by atoms with Gasteiger partial charge in [-0.1, -0.05) is 0 Å². The Morgan fingerprint density at radius 3 is 2.25 bits per heavy atom. The standard InChI is InChI=1S/C16H22FNO2/c1-11(19)13-8-12(17)6-7-14(13)18-9-15(2,3)20-16(4,5)10-18/h6-8H,9-10H2,1-5H3. The minimum absolute atomic E-state index is 0.124. The van der Waals surface area contributed by atoms with Crippen LogP contribution in [0.15, 0.2) is 18.2 Å². The van der Waals surface area contributed by atoms with Crippen LogP contribution >= 0.6 is 0 Å². The van der Waals surface area contributed by atoms with Gasteiger partial charge in [0.1, 0.15) is 5.82 Å². The third kappa shape index (κ3) is 3.18. The molecule has 2 rings (SSSR count). The maximum Gasteiger partial charge on any atom is 0.161 e. The van der Waals surface area contributed by atoms with Crippen molar-refractivity contribution in [1.29, 1.82) is 0 Å². The zero-order valence-electron chi connectivity index (χ0n) is 12.8. The molecule has 0 N–H and O–H groups in total. The van der Waals surface area contributed by atoms with Gasteiger partial charge in [-0.15, -0.1) is 0 Å². The number of ketones is 1. The predicted octanol–water partition coefficient (Wildman–Crippen LogP) is 3.42. The summed E-state index contributed by atoms with van der Waals surface area (Å²) in [6, 6.07) is 4.40. The van der Waals surface area contributed by atoms with E-state index in [4.69, 9.17) is 4.74 Å². The minimum atomic E-state index is -0.384. The Morgan fingerprint density at radius 2 is 1.75 bits per heavy atom. The molecule has 110 valence electrons. The molecule has 0 aliphatic carbocycles. The molecular formula is C16H22FNO2. The molecule has 4 heteroatoms. The van der Waals surface area contributed by atoms with Crippen molar-refractivity contribution < 1.29 is 13.9 Å². The van der Waals surface area contributed by atoms with Crippen LogP contribution in [0.1, 0.15) is 45.0 Å². The summed E-state index contributed by atoms with van der Waals surface area (Å²) in [6.07, 6.45) is 0. The van der Waals surface area contributed by atoms with E-state index in [1.165, 1.54) is 19.1 Å². The van der Waals surface area contributed by atoms with E-state index < -0.39 is 0 Å². The Hall–Kier alpha value is -1.42. The number of hydrogen-bond donors (Lipinski definition) is 0. The van der Waals surface area contributed by atoms with Crippen LogP contribution in [0.25, 0.3) is 0 Å². The van der Waals surface area contributed by atoms with Crippen LogP contribution in [0, 0.1) is 5.82 Å². The van der Waals surface area contributed by atoms with Crippen LogP contribution < -0.4 is 4.90 Å². The predicted molar refractivity (Wildman–Crippen MR) is 77.9 cm³/mol. The first-order chi connectivity index (χ1) is 9.10. The molecule has 20 heavy (non-hydrogen) atoms. The number of carbonyl (C=O) groups excluding carboxylic acids is 1. The fourth-order valence-electron chi connectivity index (χ4n) is 3.02. The monoisotopic (exact) mass is 279 g/mol. The zero-order chi connectivity index (χ0) is 15.1. The van der Waals surface area contributed by atoms with Crippen molar-refractivity contribution in [2.45, 2.75) is 45.8 Å². The Morgan fingerprint density at radius 1 is 1.20 bits per heavy atom. The van der Waals surface area contributed by atoms with Crippen molar-refractivity contribution >= 4 is 11.5 Å². The molecule has 1 aromatic rings. The molecule has 0 bridgehead atoms. The molecule has 0 amide bonds. The van der Waals surface area contributed by atoms with Crippen LogP contribution in [0.4, 0.5) is 10.1 Å². The maximum absolute atomic E-state index is 13.4. The van der Waals surface area contributed by atoms with E-state index in [9.17, 15) is 9.18 Å². The summed E-state index contributed by atoms with van der Waals surface area (Å²) in [5, 5.41) is 0. The fourth-order valence-corrected chi connectivity index (χ4v) is 3.02. The SMILES string of the molecule is CC(=O)c1cc(F)ccc1N1CC(C)(C)OC(C)(C)C1. The second-order valence-electron chi connectivity index (χ2n) is 6.70. The maximum atomic E-state index is 13.4. The van der Waals surface area contributed by atoms with E-state index in [0.29, 0.717) is 18.7 Å². The first-order valence-corrected chi connectivity index (χ1v) is 6.85. The number of carbonyl (C=O) groups is 1. The van der Waals surface area contributed by atoms with E-state index in [0.717, 1.165) is 5.69 Å². The number of rotatable bonds is 2. The lowest BCUT2D eigenvalue weighted by Crippen LogP contribution is -2.57. The molecule has 3 nitrogen and oxygen atoms in total. The first-order valence-electron chi connectivity index (χ1n) is 6.85. The molecule has 1 fully saturated rings. The van der Waals surface area contributed by atoms with Crippen LogP contribution in [-0.2, 0) is 4.74 Å². The van der Waals surface area contributed by atoms with Crippen molar-refractivity contribution in [2.24, 2.45) is 0 Å². The molecule has 0 atom stereocenters. The highest BCUT2D eigenvalue weighted by Gasteiger charge is 2.38. The average Bonchev–Trinajstić information content (AvgIpc) is 2.24. The van der Waals surface area contributed by atoms with Gasteiger partial charge < -0.3 is 9.64 Å². The molecule has 1 saturated heterocycles. The van der Waals surface area contributed by atoms with Gasteiger partial charge in [0, 0.05) is 24.3 Å². The fraction of sp³-hybridized carbons (Fsp3) is 0.562. The van der Waals surface area contributed by atoms with E-state index in [1.54, 1.807) is 6.07 Å². The highest BCUT2D eigenvalue weighted by atomic mass is 19.1. The van der Waals surface area contributed by atoms with Crippen LogP contribution in [0.2, 0.25) is 0 Å². The number of hydrogen-bond acceptors (Lipinski definition) is 3. The summed E-state index contributed by atoms with van der Waals surface area (Å²) < 4.78 is 19.4. The van der Waals surface area contributed by atoms with Gasteiger partial charge in [-0.25, -0.2) is 4.39 Å². The summed E-state index contributed by atoms with van der Waals surface area (Å²) in [5.41, 5.74) is 0.579. The molecule has 1 aliphatic rings. The molecule has 0 spiro atoms. The van der Waals surface area contributed by atoms with E-state index in [-0.39, 0.29) is 22.8 Å². The number of Topliss-reactive ketones (excluding diaryl/α,β-unsaturated/α-hetero) is 1. The van der Waals surface area contributed by atoms with Gasteiger partial charge >= 0.3 is 0 Å². The van der Waals surface area contributed by atoms with Crippen molar-refractivity contribution in [1.82, 2.24) is 0 Å². The molecule has 0 saturated carbocycles. The van der Waals surface area contributed by atoms with Gasteiger partial charge in [0.05, 0.1) is 11.2 Å². The van der Waals surface area contributed by atoms with Crippen molar-refractivity contribution in [3.63, 3.8) is 0 Å². The highest BCUT2D eigenvalue weighted by molar-refractivity contribution is 5.99. The Labute approximate surface area is 119 Å². The van der Waals surface area contributed by atoms with E-state index in [2.05, 4.69) is 4.90 Å². The van der Waals surface area contributed by atoms with Crippen LogP contribution in [0.5, 0.6) is 0 Å². The van der Waals surface area contributed by atoms with E-state index >= 15 is 0 Å². The quantitative estimate of drug-likeness (QED) is 0.777. The van der Waals surface area contributed by atoms with Gasteiger partial charge in [-0.2, -0.15) is 0 Å². The number of benzene rings is 1. The summed E-state index contributed by atoms with van der Waals surface area (Å²) in [5.74, 6) is -0.507. The smallest absolute Gasteiger partial charge is 0.161 e. The van der Waals surface area contributed by atoms with Crippen LogP contribution in [0.3, 0.4) is 0 Å².